The molecule has 3 unspecified atom stereocenters. The Labute approximate surface area is 309 Å². The van der Waals surface area contributed by atoms with Crippen LogP contribution in [0.15, 0.2) is 60.9 Å². The number of likely N-dealkylation sites (tertiary alicyclic amines) is 1. The van der Waals surface area contributed by atoms with Gasteiger partial charge in [0.05, 0.1) is 24.2 Å². The molecule has 3 aliphatic rings. The fourth-order valence-electron chi connectivity index (χ4n) is 7.49. The largest absolute Gasteiger partial charge is 0.478 e. The number of anilines is 1. The van der Waals surface area contributed by atoms with Crippen molar-refractivity contribution < 1.29 is 33.8 Å². The van der Waals surface area contributed by atoms with Gasteiger partial charge in [-0.3, -0.25) is 14.6 Å². The number of carboxylic acid groups (broad SMARTS) is 1. The Kier molecular flexibility index (Phi) is 11.0. The predicted molar refractivity (Wildman–Crippen MR) is 199 cm³/mol. The number of amides is 3. The smallest absolute Gasteiger partial charge is 0.408 e. The van der Waals surface area contributed by atoms with Crippen LogP contribution in [0.4, 0.5) is 10.6 Å². The summed E-state index contributed by atoms with van der Waals surface area (Å²) in [4.78, 5) is 63.8. The van der Waals surface area contributed by atoms with Crippen molar-refractivity contribution in [3.8, 4) is 0 Å². The molecule has 1 saturated heterocycles. The number of alkyl carbamates (subject to hydrolysis) is 1. The number of carbonyl (C=O) groups excluding carboxylic acids is 3. The summed E-state index contributed by atoms with van der Waals surface area (Å²) in [6, 6.07) is 12.9. The van der Waals surface area contributed by atoms with Crippen LogP contribution in [-0.2, 0) is 37.3 Å². The van der Waals surface area contributed by atoms with Gasteiger partial charge in [-0.25, -0.2) is 14.6 Å². The molecule has 3 amide bonds. The lowest BCUT2D eigenvalue weighted by atomic mass is 9.79. The first-order valence-corrected chi connectivity index (χ1v) is 18.0. The van der Waals surface area contributed by atoms with E-state index < -0.39 is 29.1 Å². The third kappa shape index (κ3) is 8.42. The molecule has 6 rings (SSSR count). The highest BCUT2D eigenvalue weighted by Crippen LogP contribution is 2.46. The maximum absolute atomic E-state index is 13.7. The molecular weight excluding hydrogens is 676 g/mol. The zero-order valence-electron chi connectivity index (χ0n) is 30.9. The van der Waals surface area contributed by atoms with Gasteiger partial charge in [0, 0.05) is 61.7 Å². The molecule has 2 aliphatic heterocycles. The first kappa shape index (κ1) is 37.6. The van der Waals surface area contributed by atoms with Crippen LogP contribution in [-0.4, -0.2) is 106 Å². The number of carbonyl (C=O) groups is 4. The number of piperidine rings is 1. The van der Waals surface area contributed by atoms with Crippen molar-refractivity contribution >= 4 is 35.8 Å². The minimum atomic E-state index is -1.05. The summed E-state index contributed by atoms with van der Waals surface area (Å²) in [5.74, 6) is -0.750. The Morgan fingerprint density at radius 2 is 1.89 bits per heavy atom. The van der Waals surface area contributed by atoms with Gasteiger partial charge in [-0.2, -0.15) is 0 Å². The van der Waals surface area contributed by atoms with Gasteiger partial charge in [0.2, 0.25) is 11.8 Å². The third-order valence-corrected chi connectivity index (χ3v) is 10.3. The number of rotatable bonds is 12. The van der Waals surface area contributed by atoms with Gasteiger partial charge in [-0.05, 0) is 76.4 Å². The van der Waals surface area contributed by atoms with Crippen molar-refractivity contribution in [3.05, 3.63) is 94.4 Å². The number of likely N-dealkylation sites (N-methyl/N-ethyl adjacent to an activating group) is 1. The second kappa shape index (κ2) is 15.5. The van der Waals surface area contributed by atoms with E-state index in [9.17, 15) is 24.3 Å². The molecule has 53 heavy (non-hydrogen) atoms. The highest BCUT2D eigenvalue weighted by atomic mass is 16.6. The molecular formula is C40H48N6O7. The Balaban J connectivity index is 0.999. The first-order valence-electron chi connectivity index (χ1n) is 18.0. The second-order valence-electron chi connectivity index (χ2n) is 15.2. The van der Waals surface area contributed by atoms with Crippen molar-refractivity contribution in [2.24, 2.45) is 0 Å². The molecule has 1 spiro atoms. The van der Waals surface area contributed by atoms with E-state index in [0.717, 1.165) is 27.9 Å². The number of nitrogens with one attached hydrogen (secondary N) is 2. The normalized spacial score (nSPS) is 22.3. The molecule has 2 aromatic heterocycles. The zero-order valence-corrected chi connectivity index (χ0v) is 30.9. The lowest BCUT2D eigenvalue weighted by molar-refractivity contribution is -0.140. The van der Waals surface area contributed by atoms with Gasteiger partial charge in [-0.1, -0.05) is 42.5 Å². The molecule has 1 fully saturated rings. The van der Waals surface area contributed by atoms with Gasteiger partial charge in [0.25, 0.3) is 0 Å². The number of nitrogens with zero attached hydrogens (tertiary/aromatic N) is 4. The van der Waals surface area contributed by atoms with E-state index in [1.807, 2.05) is 48.4 Å². The molecule has 1 aromatic carbocycles. The molecule has 13 heteroatoms. The van der Waals surface area contributed by atoms with Crippen LogP contribution in [0.3, 0.4) is 0 Å². The topological polar surface area (TPSA) is 163 Å². The first-order chi connectivity index (χ1) is 25.2. The van der Waals surface area contributed by atoms with Crippen LogP contribution in [0.25, 0.3) is 6.08 Å². The van der Waals surface area contributed by atoms with Crippen molar-refractivity contribution in [2.75, 3.05) is 45.2 Å². The fourth-order valence-corrected chi connectivity index (χ4v) is 7.49. The minimum absolute atomic E-state index is 0.0518. The minimum Gasteiger partial charge on any atom is -0.478 e. The average molecular weight is 725 g/mol. The zero-order chi connectivity index (χ0) is 37.9. The van der Waals surface area contributed by atoms with Crippen LogP contribution in [0, 0.1) is 0 Å². The van der Waals surface area contributed by atoms with Gasteiger partial charge < -0.3 is 35.0 Å². The highest BCUT2D eigenvalue weighted by Gasteiger charge is 2.52. The number of aromatic nitrogens is 2. The number of hydrogen-bond acceptors (Lipinski definition) is 9. The van der Waals surface area contributed by atoms with Gasteiger partial charge in [-0.15, -0.1) is 0 Å². The summed E-state index contributed by atoms with van der Waals surface area (Å²) in [7, 11) is 1.99. The van der Waals surface area contributed by atoms with E-state index in [0.29, 0.717) is 57.9 Å². The van der Waals surface area contributed by atoms with E-state index >= 15 is 0 Å². The van der Waals surface area contributed by atoms with Crippen molar-refractivity contribution in [1.29, 1.82) is 0 Å². The molecule has 1 aliphatic carbocycles. The summed E-state index contributed by atoms with van der Waals surface area (Å²) in [5, 5.41) is 15.1. The maximum atomic E-state index is 13.7. The van der Waals surface area contributed by atoms with Crippen molar-refractivity contribution in [1.82, 2.24) is 25.1 Å². The van der Waals surface area contributed by atoms with E-state index in [-0.39, 0.29) is 29.3 Å². The molecule has 280 valence electrons. The molecule has 13 nitrogen and oxygen atoms in total. The number of carboxylic acids is 1. The summed E-state index contributed by atoms with van der Waals surface area (Å²) in [5.41, 5.74) is 2.79. The predicted octanol–water partition coefficient (Wildman–Crippen LogP) is 4.42. The van der Waals surface area contributed by atoms with E-state index in [4.69, 9.17) is 9.47 Å². The molecule has 0 radical (unpaired) electrons. The van der Waals surface area contributed by atoms with Gasteiger partial charge in [0.15, 0.2) is 0 Å². The summed E-state index contributed by atoms with van der Waals surface area (Å²) < 4.78 is 11.4. The highest BCUT2D eigenvalue weighted by molar-refractivity contribution is 6.06. The van der Waals surface area contributed by atoms with E-state index in [1.165, 1.54) is 6.20 Å². The number of hydrogen-bond donors (Lipinski definition) is 3. The Morgan fingerprint density at radius 3 is 2.62 bits per heavy atom. The van der Waals surface area contributed by atoms with E-state index in [2.05, 4.69) is 44.6 Å². The lowest BCUT2D eigenvalue weighted by Crippen LogP contribution is -2.59. The third-order valence-electron chi connectivity index (χ3n) is 10.3. The standard InChI is InChI=1S/C40H48N6O7/c1-25-30(27-11-7-6-8-12-27)20-32(43-38(51)53-39(2,3)4)35(47)46(25)14-13-45(5)15-17-52-16-9-10-26-18-31-34(42-23-26)44-37(50)40(31)21-28-19-29(36(48)49)24-41-33(28)22-40/h6-12,18-19,23-25,30,32H,13-17,20-22H2,1-5H3,(H,43,51)(H,48,49)(H,42,44,50)/b10-9+/t25?,30?,32?,40-/m0/s1. The molecule has 0 saturated carbocycles. The number of ether oxygens (including phenoxy) is 2. The van der Waals surface area contributed by atoms with Gasteiger partial charge >= 0.3 is 12.1 Å². The van der Waals surface area contributed by atoms with Crippen LogP contribution < -0.4 is 10.6 Å². The quantitative estimate of drug-likeness (QED) is 0.228. The van der Waals surface area contributed by atoms with Crippen LogP contribution in [0.1, 0.15) is 78.3 Å². The maximum Gasteiger partial charge on any atom is 0.408 e. The van der Waals surface area contributed by atoms with E-state index in [1.54, 1.807) is 33.0 Å². The van der Waals surface area contributed by atoms with Crippen LogP contribution in [0.5, 0.6) is 0 Å². The van der Waals surface area contributed by atoms with Crippen LogP contribution in [0.2, 0.25) is 0 Å². The van der Waals surface area contributed by atoms with Crippen LogP contribution >= 0.6 is 0 Å². The SMILES string of the molecule is CC1C(c2ccccc2)CC(NC(=O)OC(C)(C)C)C(=O)N1CCN(C)CCOC/C=C/c1cnc2c(c1)[C@@]1(Cc3cc(C(=O)O)cnc3C1)C(=O)N2. The molecule has 4 atom stereocenters. The van der Waals surface area contributed by atoms with Gasteiger partial charge in [0.1, 0.15) is 17.5 Å². The monoisotopic (exact) mass is 724 g/mol. The number of pyridine rings is 2. The number of fused-ring (bicyclic) bond motifs is 3. The average Bonchev–Trinajstić information content (AvgIpc) is 3.63. The number of aromatic carboxylic acids is 1. The summed E-state index contributed by atoms with van der Waals surface area (Å²) >= 11 is 0. The summed E-state index contributed by atoms with van der Waals surface area (Å²) in [6.07, 6.45) is 7.49. The Bertz CT molecular complexity index is 1890. The molecule has 0 bridgehead atoms. The Morgan fingerprint density at radius 1 is 1.11 bits per heavy atom. The second-order valence-corrected chi connectivity index (χ2v) is 15.2. The van der Waals surface area contributed by atoms with Crippen molar-refractivity contribution in [2.45, 2.75) is 76.0 Å². The fraction of sp³-hybridized carbons (Fsp3) is 0.450. The molecule has 4 heterocycles. The lowest BCUT2D eigenvalue weighted by Gasteiger charge is -2.43. The Hall–Kier alpha value is -5.14. The number of benzene rings is 1. The molecule has 3 N–H and O–H groups in total. The molecule has 3 aromatic rings. The summed E-state index contributed by atoms with van der Waals surface area (Å²) in [6.45, 7) is 10.1. The van der Waals surface area contributed by atoms with Crippen molar-refractivity contribution in [3.63, 3.8) is 0 Å².